The number of fused-ring (bicyclic) bond motifs is 1. The maximum atomic E-state index is 13.0. The molecule has 0 spiro atoms. The lowest BCUT2D eigenvalue weighted by Gasteiger charge is -2.12. The fraction of sp³-hybridized carbons (Fsp3) is 0.0345. The number of hydrogen-bond donors (Lipinski definition) is 2. The highest BCUT2D eigenvalue weighted by atomic mass is 16.2. The van der Waals surface area contributed by atoms with Gasteiger partial charge in [-0.05, 0) is 34.9 Å². The minimum Gasteiger partial charge on any atom is -0.267 e. The van der Waals surface area contributed by atoms with Crippen LogP contribution in [0.1, 0.15) is 26.4 Å². The first-order valence-electron chi connectivity index (χ1n) is 11.4. The van der Waals surface area contributed by atoms with Gasteiger partial charge in [-0.25, -0.2) is 4.68 Å². The van der Waals surface area contributed by atoms with Crippen LogP contribution in [0.4, 0.5) is 0 Å². The molecule has 0 saturated heterocycles. The van der Waals surface area contributed by atoms with E-state index >= 15 is 0 Å². The molecule has 0 aliphatic heterocycles. The second-order valence-corrected chi connectivity index (χ2v) is 8.19. The Labute approximate surface area is 207 Å². The number of nitrogens with one attached hydrogen (secondary N) is 2. The maximum Gasteiger partial charge on any atom is 0.290 e. The molecule has 7 nitrogen and oxygen atoms in total. The van der Waals surface area contributed by atoms with Gasteiger partial charge in [0.15, 0.2) is 5.69 Å². The van der Waals surface area contributed by atoms with E-state index in [-0.39, 0.29) is 17.8 Å². The number of amides is 2. The predicted molar refractivity (Wildman–Crippen MR) is 138 cm³/mol. The third-order valence-corrected chi connectivity index (χ3v) is 5.80. The number of rotatable bonds is 5. The van der Waals surface area contributed by atoms with E-state index in [2.05, 4.69) is 16.0 Å². The van der Waals surface area contributed by atoms with Gasteiger partial charge in [0.2, 0.25) is 0 Å². The highest BCUT2D eigenvalue weighted by molar-refractivity contribution is 6.06. The molecule has 5 aromatic rings. The Morgan fingerprint density at radius 3 is 1.89 bits per heavy atom. The van der Waals surface area contributed by atoms with Crippen LogP contribution in [0.2, 0.25) is 0 Å². The van der Waals surface area contributed by atoms with Gasteiger partial charge < -0.3 is 0 Å². The van der Waals surface area contributed by atoms with E-state index in [1.165, 1.54) is 4.68 Å². The summed E-state index contributed by atoms with van der Waals surface area (Å²) in [6.45, 7) is 0.213. The van der Waals surface area contributed by atoms with Crippen LogP contribution in [0, 0.1) is 0 Å². The van der Waals surface area contributed by atoms with Crippen LogP contribution in [0.25, 0.3) is 21.9 Å². The van der Waals surface area contributed by atoms with Gasteiger partial charge in [0, 0.05) is 10.9 Å². The Kier molecular flexibility index (Phi) is 6.36. The molecule has 5 rings (SSSR count). The molecule has 0 unspecified atom stereocenters. The van der Waals surface area contributed by atoms with E-state index in [4.69, 9.17) is 0 Å². The average Bonchev–Trinajstić information content (AvgIpc) is 2.94. The van der Waals surface area contributed by atoms with E-state index in [1.807, 2.05) is 72.8 Å². The number of carbonyl (C=O) groups excluding carboxylic acids is 2. The van der Waals surface area contributed by atoms with Crippen LogP contribution < -0.4 is 16.4 Å². The Hall–Kier alpha value is -5.04. The number of carbonyl (C=O) groups is 2. The van der Waals surface area contributed by atoms with Crippen molar-refractivity contribution in [1.82, 2.24) is 20.6 Å². The van der Waals surface area contributed by atoms with Gasteiger partial charge in [-0.1, -0.05) is 91.0 Å². The van der Waals surface area contributed by atoms with E-state index in [9.17, 15) is 14.4 Å². The normalized spacial score (nSPS) is 10.7. The molecule has 176 valence electrons. The van der Waals surface area contributed by atoms with Crippen molar-refractivity contribution >= 4 is 22.6 Å². The smallest absolute Gasteiger partial charge is 0.267 e. The SMILES string of the molecule is O=C(NNC(=O)c1nn(Cc2ccccc2)c(=O)c2ccccc12)c1ccc(-c2ccccc2)cc1. The quantitative estimate of drug-likeness (QED) is 0.374. The Morgan fingerprint density at radius 1 is 0.639 bits per heavy atom. The fourth-order valence-corrected chi connectivity index (χ4v) is 3.96. The monoisotopic (exact) mass is 474 g/mol. The molecule has 1 aromatic heterocycles. The molecule has 0 aliphatic carbocycles. The minimum atomic E-state index is -0.623. The number of aromatic nitrogens is 2. The summed E-state index contributed by atoms with van der Waals surface area (Å²) >= 11 is 0. The summed E-state index contributed by atoms with van der Waals surface area (Å²) in [4.78, 5) is 38.7. The second-order valence-electron chi connectivity index (χ2n) is 8.19. The summed E-state index contributed by atoms with van der Waals surface area (Å²) in [5.41, 5.74) is 7.90. The summed E-state index contributed by atoms with van der Waals surface area (Å²) < 4.78 is 1.26. The lowest BCUT2D eigenvalue weighted by Crippen LogP contribution is -2.42. The van der Waals surface area contributed by atoms with Crippen molar-refractivity contribution in [3.05, 3.63) is 136 Å². The average molecular weight is 475 g/mol. The van der Waals surface area contributed by atoms with Crippen molar-refractivity contribution in [3.8, 4) is 11.1 Å². The molecule has 0 aliphatic rings. The molecule has 2 amide bonds. The summed E-state index contributed by atoms with van der Waals surface area (Å²) in [5, 5.41) is 5.11. The lowest BCUT2D eigenvalue weighted by atomic mass is 10.0. The molecule has 4 aromatic carbocycles. The third kappa shape index (κ3) is 4.76. The number of nitrogens with zero attached hydrogens (tertiary/aromatic N) is 2. The topological polar surface area (TPSA) is 93.1 Å². The highest BCUT2D eigenvalue weighted by Gasteiger charge is 2.18. The van der Waals surface area contributed by atoms with Crippen molar-refractivity contribution in [2.24, 2.45) is 0 Å². The minimum absolute atomic E-state index is 0.0425. The van der Waals surface area contributed by atoms with Gasteiger partial charge in [0.1, 0.15) is 0 Å². The Morgan fingerprint density at radius 2 is 1.19 bits per heavy atom. The molecule has 0 bridgehead atoms. The highest BCUT2D eigenvalue weighted by Crippen LogP contribution is 2.19. The first-order chi connectivity index (χ1) is 17.6. The third-order valence-electron chi connectivity index (χ3n) is 5.80. The molecular formula is C29H22N4O3. The molecule has 0 saturated carbocycles. The summed E-state index contributed by atoms with van der Waals surface area (Å²) in [7, 11) is 0. The van der Waals surface area contributed by atoms with Crippen molar-refractivity contribution in [3.63, 3.8) is 0 Å². The van der Waals surface area contributed by atoms with Crippen LogP contribution in [0.15, 0.2) is 114 Å². The number of hydrogen-bond acceptors (Lipinski definition) is 4. The standard InChI is InChI=1S/C29H22N4O3/c34-27(23-17-15-22(16-18-23)21-11-5-2-6-12-21)30-31-28(35)26-24-13-7-8-14-25(24)29(36)33(32-26)19-20-9-3-1-4-10-20/h1-18H,19H2,(H,30,34)(H,31,35). The molecule has 0 atom stereocenters. The van der Waals surface area contributed by atoms with Crippen LogP contribution in [-0.2, 0) is 6.54 Å². The van der Waals surface area contributed by atoms with Gasteiger partial charge in [-0.3, -0.25) is 25.2 Å². The largest absolute Gasteiger partial charge is 0.290 e. The fourth-order valence-electron chi connectivity index (χ4n) is 3.96. The number of benzene rings is 4. The van der Waals surface area contributed by atoms with Gasteiger partial charge in [0.05, 0.1) is 11.9 Å². The Balaban J connectivity index is 1.36. The van der Waals surface area contributed by atoms with Crippen LogP contribution in [0.3, 0.4) is 0 Å². The molecule has 0 radical (unpaired) electrons. The molecule has 0 fully saturated rings. The van der Waals surface area contributed by atoms with Crippen molar-refractivity contribution in [1.29, 1.82) is 0 Å². The molecule has 36 heavy (non-hydrogen) atoms. The zero-order valence-corrected chi connectivity index (χ0v) is 19.2. The zero-order valence-electron chi connectivity index (χ0n) is 19.2. The molecular weight excluding hydrogens is 452 g/mol. The summed E-state index contributed by atoms with van der Waals surface area (Å²) in [6.07, 6.45) is 0. The van der Waals surface area contributed by atoms with Gasteiger partial charge in [-0.2, -0.15) is 5.10 Å². The van der Waals surface area contributed by atoms with E-state index < -0.39 is 11.8 Å². The summed E-state index contributed by atoms with van der Waals surface area (Å²) in [6, 6.07) is 33.1. The van der Waals surface area contributed by atoms with Crippen LogP contribution in [0.5, 0.6) is 0 Å². The molecule has 2 N–H and O–H groups in total. The van der Waals surface area contributed by atoms with Crippen LogP contribution in [-0.4, -0.2) is 21.6 Å². The Bertz CT molecular complexity index is 1600. The maximum absolute atomic E-state index is 13.0. The predicted octanol–water partition coefficient (Wildman–Crippen LogP) is 4.19. The first kappa shape index (κ1) is 22.7. The first-order valence-corrected chi connectivity index (χ1v) is 11.4. The van der Waals surface area contributed by atoms with E-state index in [1.54, 1.807) is 36.4 Å². The van der Waals surface area contributed by atoms with E-state index in [0.29, 0.717) is 16.3 Å². The summed E-state index contributed by atoms with van der Waals surface area (Å²) in [5.74, 6) is -1.09. The lowest BCUT2D eigenvalue weighted by molar-refractivity contribution is 0.0843. The zero-order chi connectivity index (χ0) is 24.9. The second kappa shape index (κ2) is 10.1. The van der Waals surface area contributed by atoms with Gasteiger partial charge >= 0.3 is 0 Å². The van der Waals surface area contributed by atoms with Crippen molar-refractivity contribution < 1.29 is 9.59 Å². The molecule has 1 heterocycles. The van der Waals surface area contributed by atoms with Gasteiger partial charge in [0.25, 0.3) is 17.4 Å². The van der Waals surface area contributed by atoms with Crippen molar-refractivity contribution in [2.75, 3.05) is 0 Å². The number of hydrazine groups is 1. The van der Waals surface area contributed by atoms with Gasteiger partial charge in [-0.15, -0.1) is 0 Å². The molecule has 7 heteroatoms. The van der Waals surface area contributed by atoms with Crippen LogP contribution >= 0.6 is 0 Å². The van der Waals surface area contributed by atoms with E-state index in [0.717, 1.165) is 16.7 Å². The van der Waals surface area contributed by atoms with Crippen molar-refractivity contribution in [2.45, 2.75) is 6.54 Å².